The molecule has 5 nitrogen and oxygen atoms in total. The largest absolute Gasteiger partial charge is 0.412 e. The number of nitrogens with one attached hydrogen (secondary N) is 2. The van der Waals surface area contributed by atoms with Crippen LogP contribution in [0.15, 0.2) is 24.3 Å². The van der Waals surface area contributed by atoms with Crippen molar-refractivity contribution in [3.63, 3.8) is 0 Å². The number of carbonyl (C=O) groups excluding carboxylic acids is 2. The maximum absolute atomic E-state index is 12.3. The number of amides is 2. The molecule has 1 rings (SSSR count). The molecule has 0 fully saturated rings. The molecule has 0 aliphatic carbocycles. The standard InChI is InChI=1S/C18H28N2O3/c1-5-7-12-19-17(22)23-15-10-8-9-14(13-15)20-16(21)18(3,4)11-6-2/h8-10,13H,5-7,11-12H2,1-4H3,(H,19,22)(H,20,21). The number of benzene rings is 1. The molecular weight excluding hydrogens is 292 g/mol. The molecule has 0 unspecified atom stereocenters. The molecule has 0 spiro atoms. The zero-order chi connectivity index (χ0) is 17.3. The smallest absolute Gasteiger partial charge is 0.410 e. The highest BCUT2D eigenvalue weighted by Gasteiger charge is 2.26. The molecule has 0 radical (unpaired) electrons. The van der Waals surface area contributed by atoms with Gasteiger partial charge in [-0.1, -0.05) is 46.6 Å². The van der Waals surface area contributed by atoms with Crippen molar-refractivity contribution < 1.29 is 14.3 Å². The first kappa shape index (κ1) is 19.0. The Morgan fingerprint density at radius 3 is 2.57 bits per heavy atom. The molecule has 2 amide bonds. The minimum Gasteiger partial charge on any atom is -0.410 e. The second kappa shape index (κ2) is 9.18. The van der Waals surface area contributed by atoms with Crippen LogP contribution in [-0.2, 0) is 4.79 Å². The lowest BCUT2D eigenvalue weighted by atomic mass is 9.87. The lowest BCUT2D eigenvalue weighted by Gasteiger charge is -2.22. The van der Waals surface area contributed by atoms with E-state index in [9.17, 15) is 9.59 Å². The van der Waals surface area contributed by atoms with E-state index in [1.807, 2.05) is 13.8 Å². The molecule has 0 heterocycles. The van der Waals surface area contributed by atoms with Crippen molar-refractivity contribution >= 4 is 17.7 Å². The second-order valence-corrected chi connectivity index (χ2v) is 6.29. The van der Waals surface area contributed by atoms with Crippen LogP contribution >= 0.6 is 0 Å². The molecule has 1 aromatic rings. The van der Waals surface area contributed by atoms with Crippen LogP contribution < -0.4 is 15.4 Å². The van der Waals surface area contributed by atoms with Gasteiger partial charge in [-0.3, -0.25) is 4.79 Å². The SMILES string of the molecule is CCCCNC(=O)Oc1cccc(NC(=O)C(C)(C)CCC)c1. The van der Waals surface area contributed by atoms with Gasteiger partial charge >= 0.3 is 6.09 Å². The van der Waals surface area contributed by atoms with E-state index in [2.05, 4.69) is 24.5 Å². The Balaban J connectivity index is 2.63. The summed E-state index contributed by atoms with van der Waals surface area (Å²) in [5, 5.41) is 5.57. The van der Waals surface area contributed by atoms with E-state index < -0.39 is 11.5 Å². The third kappa shape index (κ3) is 6.72. The number of carbonyl (C=O) groups is 2. The Hall–Kier alpha value is -2.04. The van der Waals surface area contributed by atoms with E-state index in [-0.39, 0.29) is 5.91 Å². The summed E-state index contributed by atoms with van der Waals surface area (Å²) >= 11 is 0. The van der Waals surface area contributed by atoms with Crippen LogP contribution in [0.5, 0.6) is 5.75 Å². The van der Waals surface area contributed by atoms with Crippen molar-refractivity contribution in [2.75, 3.05) is 11.9 Å². The van der Waals surface area contributed by atoms with Crippen LogP contribution in [0.25, 0.3) is 0 Å². The van der Waals surface area contributed by atoms with Crippen molar-refractivity contribution in [2.45, 2.75) is 53.4 Å². The van der Waals surface area contributed by atoms with Gasteiger partial charge in [0.15, 0.2) is 0 Å². The zero-order valence-electron chi connectivity index (χ0n) is 14.6. The summed E-state index contributed by atoms with van der Waals surface area (Å²) < 4.78 is 5.21. The first-order valence-corrected chi connectivity index (χ1v) is 8.26. The third-order valence-corrected chi connectivity index (χ3v) is 3.59. The Labute approximate surface area is 138 Å². The van der Waals surface area contributed by atoms with Crippen molar-refractivity contribution in [1.82, 2.24) is 5.32 Å². The normalized spacial score (nSPS) is 11.0. The van der Waals surface area contributed by atoms with Gasteiger partial charge in [0.1, 0.15) is 5.75 Å². The van der Waals surface area contributed by atoms with Crippen molar-refractivity contribution in [2.24, 2.45) is 5.41 Å². The fraction of sp³-hybridized carbons (Fsp3) is 0.556. The lowest BCUT2D eigenvalue weighted by Crippen LogP contribution is -2.30. The zero-order valence-corrected chi connectivity index (χ0v) is 14.6. The fourth-order valence-corrected chi connectivity index (χ4v) is 2.19. The van der Waals surface area contributed by atoms with Gasteiger partial charge in [-0.15, -0.1) is 0 Å². The summed E-state index contributed by atoms with van der Waals surface area (Å²) in [5.74, 6) is 0.369. The summed E-state index contributed by atoms with van der Waals surface area (Å²) in [5.41, 5.74) is 0.196. The number of anilines is 1. The van der Waals surface area contributed by atoms with Gasteiger partial charge in [0, 0.05) is 23.7 Å². The van der Waals surface area contributed by atoms with Gasteiger partial charge in [-0.2, -0.15) is 0 Å². The molecule has 0 aromatic heterocycles. The fourth-order valence-electron chi connectivity index (χ4n) is 2.19. The first-order valence-electron chi connectivity index (χ1n) is 8.26. The molecule has 0 aliphatic heterocycles. The predicted octanol–water partition coefficient (Wildman–Crippen LogP) is 4.34. The molecular formula is C18H28N2O3. The molecule has 0 atom stereocenters. The van der Waals surface area contributed by atoms with E-state index in [1.54, 1.807) is 24.3 Å². The highest BCUT2D eigenvalue weighted by atomic mass is 16.6. The Bertz CT molecular complexity index is 527. The Morgan fingerprint density at radius 2 is 1.91 bits per heavy atom. The summed E-state index contributed by atoms with van der Waals surface area (Å²) in [4.78, 5) is 23.9. The van der Waals surface area contributed by atoms with Gasteiger partial charge in [0.2, 0.25) is 5.91 Å². The van der Waals surface area contributed by atoms with Gasteiger partial charge in [0.25, 0.3) is 0 Å². The molecule has 0 bridgehead atoms. The van der Waals surface area contributed by atoms with Gasteiger partial charge in [-0.25, -0.2) is 4.79 Å². The summed E-state index contributed by atoms with van der Waals surface area (Å²) in [6.45, 7) is 8.55. The molecule has 2 N–H and O–H groups in total. The maximum atomic E-state index is 12.3. The Morgan fingerprint density at radius 1 is 1.17 bits per heavy atom. The average Bonchev–Trinajstić information content (AvgIpc) is 2.47. The highest BCUT2D eigenvalue weighted by Crippen LogP contribution is 2.25. The van der Waals surface area contributed by atoms with Crippen molar-refractivity contribution in [3.8, 4) is 5.75 Å². The number of hydrogen-bond acceptors (Lipinski definition) is 3. The third-order valence-electron chi connectivity index (χ3n) is 3.59. The molecule has 0 saturated heterocycles. The predicted molar refractivity (Wildman–Crippen MR) is 92.7 cm³/mol. The minimum absolute atomic E-state index is 0.0381. The van der Waals surface area contributed by atoms with Crippen LogP contribution in [0, 0.1) is 5.41 Å². The number of unbranched alkanes of at least 4 members (excludes halogenated alkanes) is 1. The second-order valence-electron chi connectivity index (χ2n) is 6.29. The topological polar surface area (TPSA) is 67.4 Å². The van der Waals surface area contributed by atoms with Crippen LogP contribution in [0.2, 0.25) is 0 Å². The number of rotatable bonds is 8. The highest BCUT2D eigenvalue weighted by molar-refractivity contribution is 5.95. The summed E-state index contributed by atoms with van der Waals surface area (Å²) in [6.07, 6.45) is 3.21. The van der Waals surface area contributed by atoms with Crippen LogP contribution in [0.4, 0.5) is 10.5 Å². The lowest BCUT2D eigenvalue weighted by molar-refractivity contribution is -0.124. The Kier molecular flexibility index (Phi) is 7.59. The minimum atomic E-state index is -0.478. The quantitative estimate of drug-likeness (QED) is 0.700. The molecule has 0 saturated carbocycles. The van der Waals surface area contributed by atoms with E-state index in [4.69, 9.17) is 4.74 Å². The van der Waals surface area contributed by atoms with E-state index in [0.29, 0.717) is 18.0 Å². The molecule has 0 aliphatic rings. The van der Waals surface area contributed by atoms with Crippen LogP contribution in [0.1, 0.15) is 53.4 Å². The first-order chi connectivity index (χ1) is 10.9. The van der Waals surface area contributed by atoms with Gasteiger partial charge in [-0.05, 0) is 25.0 Å². The molecule has 23 heavy (non-hydrogen) atoms. The summed E-state index contributed by atoms with van der Waals surface area (Å²) in [6, 6.07) is 6.87. The molecule has 1 aromatic carbocycles. The molecule has 5 heteroatoms. The molecule has 128 valence electrons. The van der Waals surface area contributed by atoms with Crippen molar-refractivity contribution in [3.05, 3.63) is 24.3 Å². The van der Waals surface area contributed by atoms with Crippen LogP contribution in [-0.4, -0.2) is 18.5 Å². The summed E-state index contributed by atoms with van der Waals surface area (Å²) in [7, 11) is 0. The number of hydrogen-bond donors (Lipinski definition) is 2. The average molecular weight is 320 g/mol. The monoisotopic (exact) mass is 320 g/mol. The maximum Gasteiger partial charge on any atom is 0.412 e. The van der Waals surface area contributed by atoms with Gasteiger partial charge < -0.3 is 15.4 Å². The van der Waals surface area contributed by atoms with E-state index >= 15 is 0 Å². The number of ether oxygens (including phenoxy) is 1. The van der Waals surface area contributed by atoms with Crippen molar-refractivity contribution in [1.29, 1.82) is 0 Å². The van der Waals surface area contributed by atoms with E-state index in [1.165, 1.54) is 0 Å². The van der Waals surface area contributed by atoms with Gasteiger partial charge in [0.05, 0.1) is 0 Å². The van der Waals surface area contributed by atoms with Crippen LogP contribution in [0.3, 0.4) is 0 Å². The van der Waals surface area contributed by atoms with E-state index in [0.717, 1.165) is 25.7 Å².